The SMILES string of the molecule is COc1cc(-c2csc(NC(=O)c3ccccc3)n2)cc(C)c1C. The Bertz CT molecular complexity index is 872. The normalized spacial score (nSPS) is 10.5. The monoisotopic (exact) mass is 338 g/mol. The molecule has 4 nitrogen and oxygen atoms in total. The Morgan fingerprint density at radius 1 is 1.17 bits per heavy atom. The predicted molar refractivity (Wildman–Crippen MR) is 98.0 cm³/mol. The molecule has 0 saturated heterocycles. The zero-order valence-corrected chi connectivity index (χ0v) is 14.6. The van der Waals surface area contributed by atoms with Gasteiger partial charge in [-0.2, -0.15) is 0 Å². The van der Waals surface area contributed by atoms with Crippen molar-refractivity contribution < 1.29 is 9.53 Å². The third kappa shape index (κ3) is 3.31. The van der Waals surface area contributed by atoms with Gasteiger partial charge in [0.15, 0.2) is 5.13 Å². The summed E-state index contributed by atoms with van der Waals surface area (Å²) in [6.45, 7) is 4.08. The van der Waals surface area contributed by atoms with Crippen molar-refractivity contribution in [2.24, 2.45) is 0 Å². The fourth-order valence-electron chi connectivity index (χ4n) is 2.41. The van der Waals surface area contributed by atoms with Crippen molar-refractivity contribution in [2.45, 2.75) is 13.8 Å². The summed E-state index contributed by atoms with van der Waals surface area (Å²) in [7, 11) is 1.66. The van der Waals surface area contributed by atoms with E-state index in [4.69, 9.17) is 4.74 Å². The van der Waals surface area contributed by atoms with Crippen LogP contribution in [-0.2, 0) is 0 Å². The maximum atomic E-state index is 12.2. The summed E-state index contributed by atoms with van der Waals surface area (Å²) in [6.07, 6.45) is 0. The van der Waals surface area contributed by atoms with Crippen molar-refractivity contribution in [1.29, 1.82) is 0 Å². The number of benzene rings is 2. The quantitative estimate of drug-likeness (QED) is 0.751. The number of anilines is 1. The molecule has 0 aliphatic carbocycles. The van der Waals surface area contributed by atoms with Gasteiger partial charge in [-0.15, -0.1) is 11.3 Å². The maximum Gasteiger partial charge on any atom is 0.257 e. The lowest BCUT2D eigenvalue weighted by atomic mass is 10.0. The molecule has 1 aromatic heterocycles. The molecule has 3 rings (SSSR count). The first-order chi connectivity index (χ1) is 11.6. The van der Waals surface area contributed by atoms with Crippen molar-refractivity contribution in [1.82, 2.24) is 4.98 Å². The minimum atomic E-state index is -0.158. The highest BCUT2D eigenvalue weighted by Gasteiger charge is 2.12. The zero-order chi connectivity index (χ0) is 17.1. The Morgan fingerprint density at radius 2 is 1.92 bits per heavy atom. The largest absolute Gasteiger partial charge is 0.496 e. The fraction of sp³-hybridized carbons (Fsp3) is 0.158. The first-order valence-electron chi connectivity index (χ1n) is 7.56. The fourth-order valence-corrected chi connectivity index (χ4v) is 3.12. The van der Waals surface area contributed by atoms with Crippen LogP contribution in [0.15, 0.2) is 47.8 Å². The molecule has 0 aliphatic heterocycles. The molecule has 0 spiro atoms. The number of nitrogens with one attached hydrogen (secondary N) is 1. The van der Waals surface area contributed by atoms with E-state index >= 15 is 0 Å². The lowest BCUT2D eigenvalue weighted by Crippen LogP contribution is -2.11. The van der Waals surface area contributed by atoms with Crippen molar-refractivity contribution in [3.63, 3.8) is 0 Å². The number of methoxy groups -OCH3 is 1. The van der Waals surface area contributed by atoms with Crippen LogP contribution in [0.2, 0.25) is 0 Å². The van der Waals surface area contributed by atoms with Crippen LogP contribution >= 0.6 is 11.3 Å². The number of carbonyl (C=O) groups is 1. The van der Waals surface area contributed by atoms with Crippen LogP contribution in [0.5, 0.6) is 5.75 Å². The molecule has 0 atom stereocenters. The van der Waals surface area contributed by atoms with Gasteiger partial charge in [-0.3, -0.25) is 10.1 Å². The smallest absolute Gasteiger partial charge is 0.257 e. The molecular weight excluding hydrogens is 320 g/mol. The van der Waals surface area contributed by atoms with Gasteiger partial charge in [0.1, 0.15) is 5.75 Å². The van der Waals surface area contributed by atoms with Gasteiger partial charge in [-0.05, 0) is 49.2 Å². The summed E-state index contributed by atoms with van der Waals surface area (Å²) in [5.41, 5.74) is 4.68. The number of thiazole rings is 1. The number of carbonyl (C=O) groups excluding carboxylic acids is 1. The van der Waals surface area contributed by atoms with E-state index in [1.54, 1.807) is 19.2 Å². The number of ether oxygens (including phenoxy) is 1. The summed E-state index contributed by atoms with van der Waals surface area (Å²) in [6, 6.07) is 13.2. The second kappa shape index (κ2) is 6.84. The van der Waals surface area contributed by atoms with Gasteiger partial charge in [0.25, 0.3) is 5.91 Å². The van der Waals surface area contributed by atoms with Crippen molar-refractivity contribution in [3.8, 4) is 17.0 Å². The summed E-state index contributed by atoms with van der Waals surface area (Å²) in [4.78, 5) is 16.7. The van der Waals surface area contributed by atoms with Crippen LogP contribution in [0, 0.1) is 13.8 Å². The first kappa shape index (κ1) is 16.2. The molecular formula is C19H18N2O2S. The summed E-state index contributed by atoms with van der Waals surface area (Å²) in [5.74, 6) is 0.682. The Balaban J connectivity index is 1.84. The van der Waals surface area contributed by atoms with E-state index in [1.807, 2.05) is 43.5 Å². The van der Waals surface area contributed by atoms with Gasteiger partial charge >= 0.3 is 0 Å². The molecule has 1 N–H and O–H groups in total. The zero-order valence-electron chi connectivity index (χ0n) is 13.8. The summed E-state index contributed by atoms with van der Waals surface area (Å²) < 4.78 is 5.42. The molecule has 1 heterocycles. The Kier molecular flexibility index (Phi) is 4.62. The third-order valence-corrected chi connectivity index (χ3v) is 4.65. The van der Waals surface area contributed by atoms with E-state index in [0.29, 0.717) is 10.7 Å². The van der Waals surface area contributed by atoms with E-state index in [9.17, 15) is 4.79 Å². The molecule has 0 unspecified atom stereocenters. The second-order valence-corrected chi connectivity index (χ2v) is 6.34. The van der Waals surface area contributed by atoms with Crippen LogP contribution in [0.3, 0.4) is 0 Å². The number of aromatic nitrogens is 1. The van der Waals surface area contributed by atoms with Crippen LogP contribution in [0.25, 0.3) is 11.3 Å². The van der Waals surface area contributed by atoms with Gasteiger partial charge in [-0.1, -0.05) is 18.2 Å². The van der Waals surface area contributed by atoms with Crippen LogP contribution in [0.1, 0.15) is 21.5 Å². The minimum absolute atomic E-state index is 0.158. The molecule has 24 heavy (non-hydrogen) atoms. The minimum Gasteiger partial charge on any atom is -0.496 e. The molecule has 0 fully saturated rings. The van der Waals surface area contributed by atoms with Crippen LogP contribution < -0.4 is 10.1 Å². The van der Waals surface area contributed by atoms with E-state index in [-0.39, 0.29) is 5.91 Å². The van der Waals surface area contributed by atoms with Crippen LogP contribution in [0.4, 0.5) is 5.13 Å². The molecule has 0 saturated carbocycles. The number of nitrogens with zero attached hydrogens (tertiary/aromatic N) is 1. The van der Waals surface area contributed by atoms with E-state index < -0.39 is 0 Å². The van der Waals surface area contributed by atoms with Crippen molar-refractivity contribution in [2.75, 3.05) is 12.4 Å². The Hall–Kier alpha value is -2.66. The van der Waals surface area contributed by atoms with Gasteiger partial charge < -0.3 is 4.74 Å². The second-order valence-electron chi connectivity index (χ2n) is 5.48. The molecule has 0 bridgehead atoms. The van der Waals surface area contributed by atoms with Gasteiger partial charge in [0.2, 0.25) is 0 Å². The average Bonchev–Trinajstić information content (AvgIpc) is 3.06. The maximum absolute atomic E-state index is 12.2. The standard InChI is InChI=1S/C19H18N2O2S/c1-12-9-15(10-17(23-3)13(12)2)16-11-24-19(20-16)21-18(22)14-7-5-4-6-8-14/h4-11H,1-3H3,(H,20,21,22). The van der Waals surface area contributed by atoms with E-state index in [1.165, 1.54) is 11.3 Å². The third-order valence-electron chi connectivity index (χ3n) is 3.90. The molecule has 2 aromatic carbocycles. The molecule has 3 aromatic rings. The van der Waals surface area contributed by atoms with Crippen molar-refractivity contribution >= 4 is 22.4 Å². The predicted octanol–water partition coefficient (Wildman–Crippen LogP) is 4.69. The first-order valence-corrected chi connectivity index (χ1v) is 8.44. The Labute approximate surface area is 145 Å². The van der Waals surface area contributed by atoms with E-state index in [0.717, 1.165) is 28.1 Å². The Morgan fingerprint density at radius 3 is 2.62 bits per heavy atom. The van der Waals surface area contributed by atoms with Crippen molar-refractivity contribution in [3.05, 3.63) is 64.5 Å². The summed E-state index contributed by atoms with van der Waals surface area (Å²) >= 11 is 1.41. The lowest BCUT2D eigenvalue weighted by Gasteiger charge is -2.09. The molecule has 0 aliphatic rings. The highest BCUT2D eigenvalue weighted by molar-refractivity contribution is 7.14. The average molecular weight is 338 g/mol. The van der Waals surface area contributed by atoms with Gasteiger partial charge in [0.05, 0.1) is 12.8 Å². The topological polar surface area (TPSA) is 51.2 Å². The highest BCUT2D eigenvalue weighted by Crippen LogP contribution is 2.31. The van der Waals surface area contributed by atoms with Gasteiger partial charge in [0, 0.05) is 16.5 Å². The highest BCUT2D eigenvalue weighted by atomic mass is 32.1. The summed E-state index contributed by atoms with van der Waals surface area (Å²) in [5, 5.41) is 5.35. The number of amides is 1. The number of rotatable bonds is 4. The van der Waals surface area contributed by atoms with Gasteiger partial charge in [-0.25, -0.2) is 4.98 Å². The molecule has 1 amide bonds. The number of hydrogen-bond donors (Lipinski definition) is 1. The molecule has 122 valence electrons. The molecule has 5 heteroatoms. The molecule has 0 radical (unpaired) electrons. The van der Waals surface area contributed by atoms with Crippen LogP contribution in [-0.4, -0.2) is 18.0 Å². The number of hydrogen-bond acceptors (Lipinski definition) is 4. The number of aryl methyl sites for hydroxylation is 1. The van der Waals surface area contributed by atoms with E-state index in [2.05, 4.69) is 16.4 Å². The lowest BCUT2D eigenvalue weighted by molar-refractivity contribution is 0.102.